The number of carbonyl (C=O) groups is 6. The van der Waals surface area contributed by atoms with Crippen molar-refractivity contribution in [3.05, 3.63) is 52.5 Å². The topological polar surface area (TPSA) is 229 Å². The van der Waals surface area contributed by atoms with E-state index in [1.807, 2.05) is 78.8 Å². The second-order valence-electron chi connectivity index (χ2n) is 16.4. The summed E-state index contributed by atoms with van der Waals surface area (Å²) in [4.78, 5) is 90.2. The molecular weight excluding hydrogens is 741 g/mol. The van der Waals surface area contributed by atoms with Crippen molar-refractivity contribution in [2.45, 2.75) is 111 Å². The van der Waals surface area contributed by atoms with Gasteiger partial charge in [-0.25, -0.2) is 4.98 Å². The first-order valence-electron chi connectivity index (χ1n) is 18.6. The number of amides is 5. The van der Waals surface area contributed by atoms with Crippen molar-refractivity contribution in [2.24, 2.45) is 21.7 Å². The van der Waals surface area contributed by atoms with Crippen LogP contribution in [0, 0.1) is 16.7 Å². The van der Waals surface area contributed by atoms with Crippen LogP contribution in [0.25, 0.3) is 0 Å². The molecule has 308 valence electrons. The maximum atomic E-state index is 14.6. The molecule has 0 bridgehead atoms. The average Bonchev–Trinajstić information content (AvgIpc) is 3.67. The summed E-state index contributed by atoms with van der Waals surface area (Å²) in [6, 6.07) is 2.86. The minimum Gasteiger partial charge on any atom is -0.469 e. The molecule has 0 aliphatic carbocycles. The van der Waals surface area contributed by atoms with Gasteiger partial charge in [-0.05, 0) is 22.3 Å². The molecule has 2 heterocycles. The van der Waals surface area contributed by atoms with Crippen LogP contribution in [0.4, 0.5) is 0 Å². The SMILES string of the molecule is COC(=O)C[C@@H](NC(=O)[C@@H](NC(=O)C(NC1=NCC(=O)NC(CO)C(=O)NC(C(C)C)C(=O)NC1C(C)(C)C)C(C)(C)C)C(C)c1ccccc1)c1nccs1. The molecule has 1 aliphatic rings. The molecule has 5 amide bonds. The molecule has 0 spiro atoms. The van der Waals surface area contributed by atoms with Gasteiger partial charge in [-0.15, -0.1) is 11.3 Å². The van der Waals surface area contributed by atoms with Gasteiger partial charge in [0.15, 0.2) is 0 Å². The first-order chi connectivity index (χ1) is 26.2. The fourth-order valence-electron chi connectivity index (χ4n) is 6.07. The third-order valence-corrected chi connectivity index (χ3v) is 10.3. The van der Waals surface area contributed by atoms with E-state index < -0.39 is 102 Å². The Morgan fingerprint density at radius 1 is 0.946 bits per heavy atom. The van der Waals surface area contributed by atoms with E-state index in [0.717, 1.165) is 5.56 Å². The molecule has 7 atom stereocenters. The number of amidine groups is 1. The van der Waals surface area contributed by atoms with Crippen LogP contribution < -0.4 is 31.9 Å². The van der Waals surface area contributed by atoms with Crippen LogP contribution in [0.2, 0.25) is 0 Å². The molecule has 7 N–H and O–H groups in total. The van der Waals surface area contributed by atoms with Gasteiger partial charge in [-0.3, -0.25) is 33.8 Å². The fourth-order valence-corrected chi connectivity index (χ4v) is 6.76. The summed E-state index contributed by atoms with van der Waals surface area (Å²) in [5, 5.41) is 29.3. The van der Waals surface area contributed by atoms with Crippen LogP contribution >= 0.6 is 11.3 Å². The predicted octanol–water partition coefficient (Wildman–Crippen LogP) is 1.72. The number of ether oxygens (including phenoxy) is 1. The van der Waals surface area contributed by atoms with Crippen molar-refractivity contribution < 1.29 is 38.6 Å². The van der Waals surface area contributed by atoms with Gasteiger partial charge in [0.25, 0.3) is 0 Å². The van der Waals surface area contributed by atoms with Crippen molar-refractivity contribution in [1.82, 2.24) is 36.9 Å². The third kappa shape index (κ3) is 12.6. The van der Waals surface area contributed by atoms with Crippen LogP contribution in [-0.4, -0.2) is 102 Å². The monoisotopic (exact) mass is 798 g/mol. The van der Waals surface area contributed by atoms with Crippen molar-refractivity contribution >= 4 is 52.7 Å². The quantitative estimate of drug-likeness (QED) is 0.154. The summed E-state index contributed by atoms with van der Waals surface area (Å²) < 4.78 is 4.88. The van der Waals surface area contributed by atoms with Crippen molar-refractivity contribution in [3.8, 4) is 0 Å². The number of thiazole rings is 1. The van der Waals surface area contributed by atoms with Gasteiger partial charge in [0.2, 0.25) is 29.5 Å². The molecule has 5 unspecified atom stereocenters. The molecule has 1 aliphatic heterocycles. The van der Waals surface area contributed by atoms with E-state index >= 15 is 0 Å². The van der Waals surface area contributed by atoms with Gasteiger partial charge >= 0.3 is 5.97 Å². The molecule has 16 nitrogen and oxygen atoms in total. The molecule has 0 radical (unpaired) electrons. The first-order valence-corrected chi connectivity index (χ1v) is 19.5. The molecule has 1 aromatic carbocycles. The Morgan fingerprint density at radius 3 is 2.14 bits per heavy atom. The summed E-state index contributed by atoms with van der Waals surface area (Å²) in [6.45, 7) is 15.1. The number of aliphatic hydroxyl groups excluding tert-OH is 1. The van der Waals surface area contributed by atoms with E-state index in [1.54, 1.807) is 25.4 Å². The first kappa shape index (κ1) is 45.5. The number of hydrogen-bond donors (Lipinski definition) is 7. The zero-order chi connectivity index (χ0) is 42.0. The minimum absolute atomic E-state index is 0.116. The molecular formula is C39H58N8O8S. The lowest BCUT2D eigenvalue weighted by atomic mass is 9.82. The average molecular weight is 799 g/mol. The lowest BCUT2D eigenvalue weighted by molar-refractivity contribution is -0.141. The number of hydrogen-bond acceptors (Lipinski definition) is 12. The van der Waals surface area contributed by atoms with Gasteiger partial charge in [-0.2, -0.15) is 0 Å². The normalized spacial score (nSPS) is 20.7. The number of carbonyl (C=O) groups excluding carboxylic acids is 6. The lowest BCUT2D eigenvalue weighted by Crippen LogP contribution is -2.65. The number of nitrogens with zero attached hydrogens (tertiary/aromatic N) is 2. The Morgan fingerprint density at radius 2 is 1.61 bits per heavy atom. The van der Waals surface area contributed by atoms with Crippen molar-refractivity contribution in [2.75, 3.05) is 20.3 Å². The number of aliphatic imine (C=N–C) groups is 1. The van der Waals surface area contributed by atoms with Crippen LogP contribution in [0.1, 0.15) is 91.3 Å². The summed E-state index contributed by atoms with van der Waals surface area (Å²) in [7, 11) is 1.25. The van der Waals surface area contributed by atoms with Crippen LogP contribution in [0.15, 0.2) is 46.9 Å². The second kappa shape index (κ2) is 19.8. The number of aliphatic hydroxyl groups is 1. The Kier molecular flexibility index (Phi) is 16.1. The predicted molar refractivity (Wildman–Crippen MR) is 212 cm³/mol. The number of aromatic nitrogens is 1. The standard InChI is InChI=1S/C39H58N8O8S/c1-21(2)28-34(52)47-30(38(4,5)6)32(41-19-26(49)42-25(20-48)33(51)44-28)46-31(39(7,8)9)36(54)45-29(22(3)23-14-12-11-13-15-23)35(53)43-24(18-27(50)55-10)37-40-16-17-56-37/h11-17,21-22,24-25,28-31,48H,18-20H2,1-10H3,(H,41,46)(H,42,49)(H,43,53)(H,44,51)(H,45,54)(H,47,52)/t22?,24-,25?,28?,29+,30?,31?/m1/s1. The summed E-state index contributed by atoms with van der Waals surface area (Å²) in [6.07, 6.45) is 1.38. The van der Waals surface area contributed by atoms with E-state index in [-0.39, 0.29) is 18.2 Å². The van der Waals surface area contributed by atoms with Gasteiger partial charge < -0.3 is 41.7 Å². The van der Waals surface area contributed by atoms with Crippen LogP contribution in [0.3, 0.4) is 0 Å². The third-order valence-electron chi connectivity index (χ3n) is 9.39. The highest BCUT2D eigenvalue weighted by Gasteiger charge is 2.41. The molecule has 2 aromatic rings. The highest BCUT2D eigenvalue weighted by Crippen LogP contribution is 2.27. The highest BCUT2D eigenvalue weighted by atomic mass is 32.1. The fraction of sp³-hybridized carbons (Fsp3) is 0.590. The van der Waals surface area contributed by atoms with Crippen LogP contribution in [-0.2, 0) is 33.5 Å². The van der Waals surface area contributed by atoms with Crippen LogP contribution in [0.5, 0.6) is 0 Å². The van der Waals surface area contributed by atoms with Gasteiger partial charge in [0.1, 0.15) is 41.6 Å². The maximum absolute atomic E-state index is 14.6. The minimum atomic E-state index is -1.33. The summed E-state index contributed by atoms with van der Waals surface area (Å²) >= 11 is 1.26. The molecule has 56 heavy (non-hydrogen) atoms. The Balaban J connectivity index is 2.09. The van der Waals surface area contributed by atoms with Crippen molar-refractivity contribution in [3.63, 3.8) is 0 Å². The smallest absolute Gasteiger partial charge is 0.308 e. The van der Waals surface area contributed by atoms with E-state index in [2.05, 4.69) is 41.9 Å². The number of benzene rings is 1. The Labute approximate surface area is 332 Å². The lowest BCUT2D eigenvalue weighted by Gasteiger charge is -2.39. The highest BCUT2D eigenvalue weighted by molar-refractivity contribution is 7.09. The summed E-state index contributed by atoms with van der Waals surface area (Å²) in [5.41, 5.74) is -0.813. The van der Waals surface area contributed by atoms with E-state index in [9.17, 15) is 33.9 Å². The molecule has 3 rings (SSSR count). The number of nitrogens with one attached hydrogen (secondary N) is 6. The maximum Gasteiger partial charge on any atom is 0.308 e. The molecule has 17 heteroatoms. The van der Waals surface area contributed by atoms with Gasteiger partial charge in [0, 0.05) is 17.5 Å². The molecule has 0 fully saturated rings. The van der Waals surface area contributed by atoms with E-state index in [1.165, 1.54) is 18.4 Å². The Bertz CT molecular complexity index is 1710. The Hall–Kier alpha value is -4.90. The molecule has 1 aromatic heterocycles. The zero-order valence-corrected chi connectivity index (χ0v) is 34.7. The molecule has 0 saturated carbocycles. The summed E-state index contributed by atoms with van der Waals surface area (Å²) in [5.74, 6) is -4.44. The number of esters is 1. The van der Waals surface area contributed by atoms with Crippen molar-refractivity contribution in [1.29, 1.82) is 0 Å². The van der Waals surface area contributed by atoms with Gasteiger partial charge in [0.05, 0.1) is 32.2 Å². The van der Waals surface area contributed by atoms with E-state index in [4.69, 9.17) is 4.74 Å². The largest absolute Gasteiger partial charge is 0.469 e. The molecule has 0 saturated heterocycles. The van der Waals surface area contributed by atoms with Gasteiger partial charge in [-0.1, -0.05) is 92.6 Å². The zero-order valence-electron chi connectivity index (χ0n) is 33.9. The second-order valence-corrected chi connectivity index (χ2v) is 17.3. The van der Waals surface area contributed by atoms with E-state index in [0.29, 0.717) is 5.01 Å². The number of methoxy groups -OCH3 is 1. The number of rotatable bonds is 12.